The Kier molecular flexibility index (Phi) is 6.74. The van der Waals surface area contributed by atoms with E-state index in [1.165, 1.54) is 0 Å². The standard InChI is InChI=1S/C18H25N3O3/c1-3-14(4-2)13-21(9-5-8-19)18(22)20-15-6-7-16-17(12-15)24-11-10-23-16/h6-7,12,14H,3-5,9-11,13H2,1-2H3,(H,20,22). The third kappa shape index (κ3) is 4.79. The molecule has 0 radical (unpaired) electrons. The maximum atomic E-state index is 12.6. The highest BCUT2D eigenvalue weighted by Crippen LogP contribution is 2.32. The van der Waals surface area contributed by atoms with Gasteiger partial charge in [-0.2, -0.15) is 5.26 Å². The summed E-state index contributed by atoms with van der Waals surface area (Å²) in [5.41, 5.74) is 0.663. The molecule has 1 aliphatic heterocycles. The highest BCUT2D eigenvalue weighted by atomic mass is 16.6. The average molecular weight is 331 g/mol. The largest absolute Gasteiger partial charge is 0.486 e. The molecular formula is C18H25N3O3. The molecule has 1 aromatic carbocycles. The number of nitrogens with one attached hydrogen (secondary N) is 1. The van der Waals surface area contributed by atoms with Crippen molar-refractivity contribution in [3.63, 3.8) is 0 Å². The van der Waals surface area contributed by atoms with Crippen molar-refractivity contribution in [1.29, 1.82) is 5.26 Å². The number of nitrogens with zero attached hydrogens (tertiary/aromatic N) is 2. The number of benzene rings is 1. The third-order valence-corrected chi connectivity index (χ3v) is 4.21. The van der Waals surface area contributed by atoms with Crippen LogP contribution < -0.4 is 14.8 Å². The number of amides is 2. The Morgan fingerprint density at radius 3 is 2.67 bits per heavy atom. The van der Waals surface area contributed by atoms with Crippen molar-refractivity contribution in [1.82, 2.24) is 4.90 Å². The topological polar surface area (TPSA) is 74.6 Å². The van der Waals surface area contributed by atoms with Gasteiger partial charge in [0.05, 0.1) is 12.5 Å². The first-order valence-electron chi connectivity index (χ1n) is 8.50. The molecule has 0 bridgehead atoms. The lowest BCUT2D eigenvalue weighted by atomic mass is 10.0. The van der Waals surface area contributed by atoms with Crippen LogP contribution in [0.3, 0.4) is 0 Å². The van der Waals surface area contributed by atoms with Crippen molar-refractivity contribution in [3.8, 4) is 17.6 Å². The number of rotatable bonds is 7. The van der Waals surface area contributed by atoms with Gasteiger partial charge in [0.15, 0.2) is 11.5 Å². The number of carbonyl (C=O) groups excluding carboxylic acids is 1. The van der Waals surface area contributed by atoms with Crippen LogP contribution in [-0.2, 0) is 0 Å². The van der Waals surface area contributed by atoms with Crippen LogP contribution in [0, 0.1) is 17.2 Å². The van der Waals surface area contributed by atoms with Crippen LogP contribution in [0.1, 0.15) is 33.1 Å². The summed E-state index contributed by atoms with van der Waals surface area (Å²) in [6.07, 6.45) is 2.35. The summed E-state index contributed by atoms with van der Waals surface area (Å²) in [4.78, 5) is 14.3. The van der Waals surface area contributed by atoms with Gasteiger partial charge in [0.25, 0.3) is 0 Å². The van der Waals surface area contributed by atoms with Gasteiger partial charge >= 0.3 is 6.03 Å². The van der Waals surface area contributed by atoms with Crippen molar-refractivity contribution >= 4 is 11.7 Å². The number of ether oxygens (including phenoxy) is 2. The molecule has 1 heterocycles. The normalized spacial score (nSPS) is 12.6. The van der Waals surface area contributed by atoms with Crippen LogP contribution >= 0.6 is 0 Å². The summed E-state index contributed by atoms with van der Waals surface area (Å²) in [6.45, 7) is 6.38. The van der Waals surface area contributed by atoms with Crippen LogP contribution in [0.4, 0.5) is 10.5 Å². The second kappa shape index (κ2) is 9.02. The molecule has 1 N–H and O–H groups in total. The molecule has 0 atom stereocenters. The van der Waals surface area contributed by atoms with E-state index in [2.05, 4.69) is 25.2 Å². The molecule has 1 aromatic rings. The second-order valence-corrected chi connectivity index (χ2v) is 5.83. The van der Waals surface area contributed by atoms with E-state index < -0.39 is 0 Å². The van der Waals surface area contributed by atoms with Crippen molar-refractivity contribution < 1.29 is 14.3 Å². The lowest BCUT2D eigenvalue weighted by Gasteiger charge is -2.26. The first-order valence-corrected chi connectivity index (χ1v) is 8.50. The maximum absolute atomic E-state index is 12.6. The zero-order valence-corrected chi connectivity index (χ0v) is 14.4. The van der Waals surface area contributed by atoms with Gasteiger partial charge in [-0.1, -0.05) is 26.7 Å². The molecular weight excluding hydrogens is 306 g/mol. The molecule has 130 valence electrons. The second-order valence-electron chi connectivity index (χ2n) is 5.83. The number of hydrogen-bond acceptors (Lipinski definition) is 4. The predicted molar refractivity (Wildman–Crippen MR) is 92.3 cm³/mol. The lowest BCUT2D eigenvalue weighted by Crippen LogP contribution is -2.39. The van der Waals surface area contributed by atoms with E-state index in [1.54, 1.807) is 23.1 Å². The molecule has 0 aliphatic carbocycles. The van der Waals surface area contributed by atoms with Crippen LogP contribution in [-0.4, -0.2) is 37.2 Å². The van der Waals surface area contributed by atoms with Crippen LogP contribution in [0.25, 0.3) is 0 Å². The van der Waals surface area contributed by atoms with Gasteiger partial charge in [-0.05, 0) is 18.1 Å². The van der Waals surface area contributed by atoms with Crippen molar-refractivity contribution in [3.05, 3.63) is 18.2 Å². The average Bonchev–Trinajstić information content (AvgIpc) is 2.62. The van der Waals surface area contributed by atoms with Crippen LogP contribution in [0.15, 0.2) is 18.2 Å². The zero-order valence-electron chi connectivity index (χ0n) is 14.4. The minimum atomic E-state index is -0.186. The minimum Gasteiger partial charge on any atom is -0.486 e. The van der Waals surface area contributed by atoms with E-state index in [0.29, 0.717) is 55.8 Å². The molecule has 2 rings (SSSR count). The van der Waals surface area contributed by atoms with Gasteiger partial charge in [-0.25, -0.2) is 4.79 Å². The van der Waals surface area contributed by atoms with Gasteiger partial charge in [-0.15, -0.1) is 0 Å². The zero-order chi connectivity index (χ0) is 17.4. The van der Waals surface area contributed by atoms with Crippen molar-refractivity contribution in [2.75, 3.05) is 31.6 Å². The Morgan fingerprint density at radius 2 is 2.00 bits per heavy atom. The summed E-state index contributed by atoms with van der Waals surface area (Å²) in [7, 11) is 0. The van der Waals surface area contributed by atoms with E-state index in [0.717, 1.165) is 12.8 Å². The molecule has 0 saturated carbocycles. The fourth-order valence-electron chi connectivity index (χ4n) is 2.64. The molecule has 0 fully saturated rings. The fourth-order valence-corrected chi connectivity index (χ4v) is 2.64. The minimum absolute atomic E-state index is 0.186. The number of hydrogen-bond donors (Lipinski definition) is 1. The van der Waals surface area contributed by atoms with E-state index in [4.69, 9.17) is 14.7 Å². The van der Waals surface area contributed by atoms with E-state index in [9.17, 15) is 4.79 Å². The van der Waals surface area contributed by atoms with Crippen LogP contribution in [0.2, 0.25) is 0 Å². The maximum Gasteiger partial charge on any atom is 0.321 e. The molecule has 6 nitrogen and oxygen atoms in total. The molecule has 24 heavy (non-hydrogen) atoms. The summed E-state index contributed by atoms with van der Waals surface area (Å²) < 4.78 is 11.0. The first kappa shape index (κ1) is 17.9. The highest BCUT2D eigenvalue weighted by molar-refractivity contribution is 5.89. The lowest BCUT2D eigenvalue weighted by molar-refractivity contribution is 0.171. The third-order valence-electron chi connectivity index (χ3n) is 4.21. The number of anilines is 1. The predicted octanol–water partition coefficient (Wildman–Crippen LogP) is 3.64. The van der Waals surface area contributed by atoms with E-state index in [-0.39, 0.29) is 6.03 Å². The molecule has 0 unspecified atom stereocenters. The Morgan fingerprint density at radius 1 is 1.29 bits per heavy atom. The molecule has 1 aliphatic rings. The van der Waals surface area contributed by atoms with E-state index in [1.807, 2.05) is 0 Å². The highest BCUT2D eigenvalue weighted by Gasteiger charge is 2.18. The van der Waals surface area contributed by atoms with Gasteiger partial charge in [0.2, 0.25) is 0 Å². The Hall–Kier alpha value is -2.42. The number of carbonyl (C=O) groups is 1. The fraction of sp³-hybridized carbons (Fsp3) is 0.556. The molecule has 0 spiro atoms. The number of urea groups is 1. The number of nitriles is 1. The van der Waals surface area contributed by atoms with Crippen LogP contribution in [0.5, 0.6) is 11.5 Å². The Balaban J connectivity index is 2.04. The summed E-state index contributed by atoms with van der Waals surface area (Å²) in [5.74, 6) is 1.77. The van der Waals surface area contributed by atoms with Crippen molar-refractivity contribution in [2.45, 2.75) is 33.1 Å². The summed E-state index contributed by atoms with van der Waals surface area (Å²) in [6, 6.07) is 7.29. The SMILES string of the molecule is CCC(CC)CN(CCC#N)C(=O)Nc1ccc2c(c1)OCCO2. The molecule has 0 saturated heterocycles. The smallest absolute Gasteiger partial charge is 0.321 e. The quantitative estimate of drug-likeness (QED) is 0.827. The van der Waals surface area contributed by atoms with Crippen molar-refractivity contribution in [2.24, 2.45) is 5.92 Å². The molecule has 2 amide bonds. The van der Waals surface area contributed by atoms with Gasteiger partial charge in [0.1, 0.15) is 13.2 Å². The first-order chi connectivity index (χ1) is 11.7. The number of fused-ring (bicyclic) bond motifs is 1. The van der Waals surface area contributed by atoms with E-state index >= 15 is 0 Å². The van der Waals surface area contributed by atoms with Gasteiger partial charge in [0, 0.05) is 24.8 Å². The van der Waals surface area contributed by atoms with Gasteiger partial charge in [-0.3, -0.25) is 0 Å². The monoisotopic (exact) mass is 331 g/mol. The Labute approximate surface area is 143 Å². The summed E-state index contributed by atoms with van der Waals surface area (Å²) >= 11 is 0. The Bertz CT molecular complexity index is 594. The molecule has 6 heteroatoms. The molecule has 0 aromatic heterocycles. The summed E-state index contributed by atoms with van der Waals surface area (Å²) in [5, 5.41) is 11.7. The van der Waals surface area contributed by atoms with Gasteiger partial charge < -0.3 is 19.7 Å².